The van der Waals surface area contributed by atoms with E-state index in [0.717, 1.165) is 35.3 Å². The summed E-state index contributed by atoms with van der Waals surface area (Å²) in [6.45, 7) is 4.48. The number of aromatic nitrogens is 3. The SMILES string of the molecule is CCOC(=O)c1c(NC(=O)[C@H](C)Sc2nnc(CNC(=O)c3cc(OC)cc(OC)c3)n2CCc2ccccc2)sc2c1CCC2. The van der Waals surface area contributed by atoms with E-state index in [2.05, 4.69) is 20.8 Å². The highest BCUT2D eigenvalue weighted by Crippen LogP contribution is 2.40. The molecular formula is C33H37N5O6S2. The number of nitrogens with zero attached hydrogens (tertiary/aromatic N) is 3. The molecule has 2 amide bonds. The number of aryl methyl sites for hydroxylation is 2. The van der Waals surface area contributed by atoms with Gasteiger partial charge < -0.3 is 29.4 Å². The number of hydrogen-bond donors (Lipinski definition) is 2. The number of thioether (sulfide) groups is 1. The van der Waals surface area contributed by atoms with Crippen molar-refractivity contribution in [3.05, 3.63) is 81.5 Å². The fourth-order valence-corrected chi connectivity index (χ4v) is 7.36. The number of nitrogens with one attached hydrogen (secondary N) is 2. The topological polar surface area (TPSA) is 134 Å². The second-order valence-electron chi connectivity index (χ2n) is 10.6. The fraction of sp³-hybridized carbons (Fsp3) is 0.364. The summed E-state index contributed by atoms with van der Waals surface area (Å²) in [7, 11) is 3.05. The Balaban J connectivity index is 1.32. The van der Waals surface area contributed by atoms with Gasteiger partial charge in [-0.15, -0.1) is 21.5 Å². The summed E-state index contributed by atoms with van der Waals surface area (Å²) in [5, 5.41) is 15.2. The number of methoxy groups -OCH3 is 2. The van der Waals surface area contributed by atoms with Crippen LogP contribution in [0.15, 0.2) is 53.7 Å². The number of ether oxygens (including phenoxy) is 3. The van der Waals surface area contributed by atoms with Gasteiger partial charge in [-0.1, -0.05) is 42.1 Å². The summed E-state index contributed by atoms with van der Waals surface area (Å²) in [6, 6.07) is 15.0. The van der Waals surface area contributed by atoms with Gasteiger partial charge >= 0.3 is 5.97 Å². The first-order chi connectivity index (χ1) is 22.3. The Morgan fingerprint density at radius 3 is 2.48 bits per heavy atom. The summed E-state index contributed by atoms with van der Waals surface area (Å²) >= 11 is 2.72. The van der Waals surface area contributed by atoms with Gasteiger partial charge in [0.2, 0.25) is 5.91 Å². The van der Waals surface area contributed by atoms with Gasteiger partial charge in [-0.3, -0.25) is 9.59 Å². The van der Waals surface area contributed by atoms with E-state index in [0.29, 0.717) is 51.6 Å². The molecule has 0 unspecified atom stereocenters. The number of hydrogen-bond acceptors (Lipinski definition) is 10. The molecule has 13 heteroatoms. The smallest absolute Gasteiger partial charge is 0.341 e. The van der Waals surface area contributed by atoms with Crippen LogP contribution in [0.25, 0.3) is 0 Å². The number of carbonyl (C=O) groups is 3. The summed E-state index contributed by atoms with van der Waals surface area (Å²) in [5.41, 5.74) is 2.98. The molecule has 1 aliphatic carbocycles. The van der Waals surface area contributed by atoms with Crippen LogP contribution in [0.4, 0.5) is 5.00 Å². The first-order valence-electron chi connectivity index (χ1n) is 15.1. The zero-order valence-corrected chi connectivity index (χ0v) is 27.9. The summed E-state index contributed by atoms with van der Waals surface area (Å²) in [6.07, 6.45) is 3.38. The van der Waals surface area contributed by atoms with Crippen molar-refractivity contribution in [2.75, 3.05) is 26.1 Å². The normalized spacial score (nSPS) is 12.7. The van der Waals surface area contributed by atoms with Crippen LogP contribution in [-0.4, -0.2) is 58.6 Å². The van der Waals surface area contributed by atoms with Crippen LogP contribution in [0.3, 0.4) is 0 Å². The van der Waals surface area contributed by atoms with Crippen molar-refractivity contribution < 1.29 is 28.6 Å². The molecule has 0 fully saturated rings. The number of carbonyl (C=O) groups excluding carboxylic acids is 3. The molecule has 1 aliphatic rings. The molecule has 1 atom stereocenters. The third-order valence-electron chi connectivity index (χ3n) is 7.57. The minimum atomic E-state index is -0.557. The Labute approximate surface area is 276 Å². The average molecular weight is 664 g/mol. The van der Waals surface area contributed by atoms with Crippen molar-refractivity contribution in [1.82, 2.24) is 20.1 Å². The molecule has 11 nitrogen and oxygen atoms in total. The summed E-state index contributed by atoms with van der Waals surface area (Å²) < 4.78 is 17.8. The summed E-state index contributed by atoms with van der Waals surface area (Å²) in [5.74, 6) is 0.573. The lowest BCUT2D eigenvalue weighted by Gasteiger charge is -2.15. The molecule has 0 radical (unpaired) electrons. The van der Waals surface area contributed by atoms with Gasteiger partial charge in [0.1, 0.15) is 16.5 Å². The van der Waals surface area contributed by atoms with Gasteiger partial charge in [-0.2, -0.15) is 0 Å². The second-order valence-corrected chi connectivity index (χ2v) is 13.0. The second kappa shape index (κ2) is 15.3. The zero-order valence-electron chi connectivity index (χ0n) is 26.3. The molecule has 0 spiro atoms. The number of thiophene rings is 1. The number of rotatable bonds is 14. The molecule has 46 heavy (non-hydrogen) atoms. The van der Waals surface area contributed by atoms with E-state index in [1.165, 1.54) is 37.3 Å². The minimum absolute atomic E-state index is 0.116. The zero-order chi connectivity index (χ0) is 32.6. The van der Waals surface area contributed by atoms with Crippen molar-refractivity contribution in [1.29, 1.82) is 0 Å². The summed E-state index contributed by atoms with van der Waals surface area (Å²) in [4.78, 5) is 40.4. The third kappa shape index (κ3) is 7.71. The Morgan fingerprint density at radius 2 is 1.78 bits per heavy atom. The van der Waals surface area contributed by atoms with Gasteiger partial charge in [0.15, 0.2) is 11.0 Å². The maximum absolute atomic E-state index is 13.4. The van der Waals surface area contributed by atoms with E-state index >= 15 is 0 Å². The number of anilines is 1. The fourth-order valence-electron chi connectivity index (χ4n) is 5.18. The number of fused-ring (bicyclic) bond motifs is 1. The monoisotopic (exact) mass is 663 g/mol. The highest BCUT2D eigenvalue weighted by Gasteiger charge is 2.30. The van der Waals surface area contributed by atoms with E-state index in [1.807, 2.05) is 34.9 Å². The Bertz CT molecular complexity index is 1680. The molecule has 4 aromatic rings. The molecule has 2 aromatic heterocycles. The maximum Gasteiger partial charge on any atom is 0.341 e. The van der Waals surface area contributed by atoms with Crippen molar-refractivity contribution in [2.24, 2.45) is 0 Å². The average Bonchev–Trinajstić information content (AvgIpc) is 3.77. The van der Waals surface area contributed by atoms with Crippen LogP contribution in [0.2, 0.25) is 0 Å². The van der Waals surface area contributed by atoms with E-state index in [1.54, 1.807) is 32.0 Å². The van der Waals surface area contributed by atoms with Crippen molar-refractivity contribution >= 4 is 45.9 Å². The standard InChI is InChI=1S/C33H37N5O6S2/c1-5-44-32(41)28-25-12-9-13-26(25)46-31(28)35-29(39)20(2)45-33-37-36-27(38(33)15-14-21-10-7-6-8-11-21)19-34-30(40)22-16-23(42-3)18-24(17-22)43-4/h6-8,10-11,16-18,20H,5,9,12-15,19H2,1-4H3,(H,34,40)(H,35,39)/t20-/m0/s1. The van der Waals surface area contributed by atoms with Crippen LogP contribution < -0.4 is 20.1 Å². The lowest BCUT2D eigenvalue weighted by molar-refractivity contribution is -0.115. The highest BCUT2D eigenvalue weighted by atomic mass is 32.2. The number of benzene rings is 2. The molecule has 0 saturated heterocycles. The lowest BCUT2D eigenvalue weighted by Crippen LogP contribution is -2.26. The Kier molecular flexibility index (Phi) is 11.0. The largest absolute Gasteiger partial charge is 0.497 e. The van der Waals surface area contributed by atoms with E-state index in [-0.39, 0.29) is 25.0 Å². The van der Waals surface area contributed by atoms with Gasteiger partial charge in [-0.05, 0) is 62.8 Å². The quantitative estimate of drug-likeness (QED) is 0.136. The van der Waals surface area contributed by atoms with Crippen LogP contribution in [0.1, 0.15) is 62.8 Å². The van der Waals surface area contributed by atoms with Gasteiger partial charge in [-0.25, -0.2) is 4.79 Å². The van der Waals surface area contributed by atoms with Crippen LogP contribution in [0.5, 0.6) is 11.5 Å². The van der Waals surface area contributed by atoms with Crippen LogP contribution in [-0.2, 0) is 41.9 Å². The molecule has 5 rings (SSSR count). The van der Waals surface area contributed by atoms with E-state index < -0.39 is 11.2 Å². The first-order valence-corrected chi connectivity index (χ1v) is 16.8. The van der Waals surface area contributed by atoms with Gasteiger partial charge in [0, 0.05) is 23.1 Å². The molecule has 0 saturated carbocycles. The Hall–Kier alpha value is -4.36. The van der Waals surface area contributed by atoms with Crippen LogP contribution >= 0.6 is 23.1 Å². The van der Waals surface area contributed by atoms with Crippen molar-refractivity contribution in [3.63, 3.8) is 0 Å². The molecule has 242 valence electrons. The maximum atomic E-state index is 13.4. The van der Waals surface area contributed by atoms with E-state index in [9.17, 15) is 14.4 Å². The van der Waals surface area contributed by atoms with Crippen LogP contribution in [0, 0.1) is 0 Å². The van der Waals surface area contributed by atoms with Crippen molar-refractivity contribution in [2.45, 2.75) is 63.0 Å². The molecule has 2 aromatic carbocycles. The third-order valence-corrected chi connectivity index (χ3v) is 9.86. The Morgan fingerprint density at radius 1 is 1.04 bits per heavy atom. The predicted molar refractivity (Wildman–Crippen MR) is 177 cm³/mol. The van der Waals surface area contributed by atoms with Crippen molar-refractivity contribution in [3.8, 4) is 11.5 Å². The van der Waals surface area contributed by atoms with Gasteiger partial charge in [0.05, 0.1) is 38.2 Å². The molecule has 2 heterocycles. The molecular weight excluding hydrogens is 627 g/mol. The molecule has 0 aliphatic heterocycles. The number of esters is 1. The van der Waals surface area contributed by atoms with E-state index in [4.69, 9.17) is 14.2 Å². The molecule has 2 N–H and O–H groups in total. The predicted octanol–water partition coefficient (Wildman–Crippen LogP) is 5.31. The minimum Gasteiger partial charge on any atom is -0.497 e. The molecule has 0 bridgehead atoms. The highest BCUT2D eigenvalue weighted by molar-refractivity contribution is 8.00. The van der Waals surface area contributed by atoms with Gasteiger partial charge in [0.25, 0.3) is 5.91 Å². The first kappa shape index (κ1) is 33.0. The number of amides is 2. The lowest BCUT2D eigenvalue weighted by atomic mass is 10.1.